The van der Waals surface area contributed by atoms with Gasteiger partial charge < -0.3 is 15.3 Å². The van der Waals surface area contributed by atoms with Gasteiger partial charge in [0.25, 0.3) is 5.91 Å². The third kappa shape index (κ3) is 3.24. The first-order chi connectivity index (χ1) is 16.4. The lowest BCUT2D eigenvalue weighted by atomic mass is 9.49. The molecule has 2 aromatic rings. The first-order valence-corrected chi connectivity index (χ1v) is 13.1. The van der Waals surface area contributed by atoms with Crippen LogP contribution in [0.25, 0.3) is 10.9 Å². The number of pyridine rings is 1. The van der Waals surface area contributed by atoms with Crippen LogP contribution in [-0.4, -0.2) is 41.6 Å². The summed E-state index contributed by atoms with van der Waals surface area (Å²) >= 11 is 6.54. The van der Waals surface area contributed by atoms with E-state index in [1.807, 2.05) is 18.2 Å². The predicted molar refractivity (Wildman–Crippen MR) is 130 cm³/mol. The number of hydrogen-bond donors (Lipinski definition) is 2. The highest BCUT2D eigenvalue weighted by Crippen LogP contribution is 2.59. The second-order valence-corrected chi connectivity index (χ2v) is 12.3. The van der Waals surface area contributed by atoms with Gasteiger partial charge in [0.1, 0.15) is 5.82 Å². The van der Waals surface area contributed by atoms with Gasteiger partial charge in [0.2, 0.25) is 0 Å². The van der Waals surface area contributed by atoms with Gasteiger partial charge in [-0.15, -0.1) is 0 Å². The highest BCUT2D eigenvalue weighted by Gasteiger charge is 2.60. The number of rotatable bonds is 5. The minimum atomic E-state index is -0.681. The molecule has 178 valence electrons. The van der Waals surface area contributed by atoms with E-state index in [0.717, 1.165) is 54.1 Å². The number of carboxylic acid groups (broad SMARTS) is 1. The summed E-state index contributed by atoms with van der Waals surface area (Å²) in [6.45, 7) is 2.20. The van der Waals surface area contributed by atoms with Gasteiger partial charge in [-0.05, 0) is 97.8 Å². The lowest BCUT2D eigenvalue weighted by Crippen LogP contribution is -2.51. The number of carbonyl (C=O) groups is 2. The van der Waals surface area contributed by atoms with Crippen molar-refractivity contribution in [3.63, 3.8) is 0 Å². The number of nitrogens with one attached hydrogen (secondary N) is 1. The van der Waals surface area contributed by atoms with Crippen molar-refractivity contribution in [3.8, 4) is 0 Å². The van der Waals surface area contributed by atoms with Crippen LogP contribution in [0.3, 0.4) is 0 Å². The molecule has 1 amide bonds. The minimum absolute atomic E-state index is 0.104. The molecule has 8 rings (SSSR count). The fourth-order valence-corrected chi connectivity index (χ4v) is 8.77. The second-order valence-electron chi connectivity index (χ2n) is 11.9. The summed E-state index contributed by atoms with van der Waals surface area (Å²) in [6.07, 6.45) is 7.96. The van der Waals surface area contributed by atoms with Crippen LogP contribution >= 0.6 is 11.6 Å². The highest BCUT2D eigenvalue weighted by molar-refractivity contribution is 6.35. The summed E-state index contributed by atoms with van der Waals surface area (Å²) < 4.78 is 0. The van der Waals surface area contributed by atoms with Crippen LogP contribution in [0.1, 0.15) is 48.9 Å². The van der Waals surface area contributed by atoms with Crippen LogP contribution in [0.15, 0.2) is 24.3 Å². The number of piperidine rings is 1. The molecule has 0 unspecified atom stereocenters. The lowest BCUT2D eigenvalue weighted by molar-refractivity contribution is -0.139. The summed E-state index contributed by atoms with van der Waals surface area (Å²) in [4.78, 5) is 31.6. The zero-order valence-electron chi connectivity index (χ0n) is 19.2. The third-order valence-electron chi connectivity index (χ3n) is 9.62. The third-order valence-corrected chi connectivity index (χ3v) is 9.94. The molecule has 2 heterocycles. The average Bonchev–Trinajstić information content (AvgIpc) is 3.31. The number of benzene rings is 1. The van der Waals surface area contributed by atoms with Crippen molar-refractivity contribution in [3.05, 3.63) is 34.9 Å². The van der Waals surface area contributed by atoms with Crippen LogP contribution in [0.2, 0.25) is 5.02 Å². The molecular formula is C27H30ClN3O3. The van der Waals surface area contributed by atoms with Crippen molar-refractivity contribution in [2.75, 3.05) is 24.5 Å². The number of anilines is 1. The summed E-state index contributed by atoms with van der Waals surface area (Å²) in [5, 5.41) is 13.8. The Morgan fingerprint density at radius 2 is 1.68 bits per heavy atom. The normalized spacial score (nSPS) is 37.1. The fourth-order valence-electron chi connectivity index (χ4n) is 8.52. The Labute approximate surface area is 204 Å². The van der Waals surface area contributed by atoms with Crippen molar-refractivity contribution >= 4 is 40.2 Å². The molecule has 7 heteroatoms. The van der Waals surface area contributed by atoms with Crippen LogP contribution in [0.5, 0.6) is 0 Å². The Bertz CT molecular complexity index is 1170. The van der Waals surface area contributed by atoms with E-state index in [-0.39, 0.29) is 29.1 Å². The molecule has 34 heavy (non-hydrogen) atoms. The van der Waals surface area contributed by atoms with E-state index in [0.29, 0.717) is 10.6 Å². The number of amides is 1. The molecule has 6 fully saturated rings. The molecule has 1 aliphatic heterocycles. The molecule has 0 spiro atoms. The molecule has 0 radical (unpaired) electrons. The topological polar surface area (TPSA) is 82.5 Å². The van der Waals surface area contributed by atoms with Gasteiger partial charge in [0.05, 0.1) is 22.0 Å². The summed E-state index contributed by atoms with van der Waals surface area (Å²) in [5.41, 5.74) is 1.53. The molecule has 4 bridgehead atoms. The van der Waals surface area contributed by atoms with Crippen LogP contribution in [0.4, 0.5) is 5.82 Å². The minimum Gasteiger partial charge on any atom is -0.481 e. The maximum absolute atomic E-state index is 13.4. The van der Waals surface area contributed by atoms with E-state index in [1.54, 1.807) is 6.07 Å². The SMILES string of the molecule is O=C(NCC12CC3CC(CC(C3)C1)C2)c1c(Cl)ccc2nc(N3C[C@@H]4[C@H](C3)[C@H]4C(=O)O)ccc12. The summed E-state index contributed by atoms with van der Waals surface area (Å²) in [7, 11) is 0. The van der Waals surface area contributed by atoms with E-state index < -0.39 is 5.97 Å². The maximum atomic E-state index is 13.4. The van der Waals surface area contributed by atoms with E-state index >= 15 is 0 Å². The molecule has 6 aliphatic rings. The van der Waals surface area contributed by atoms with Gasteiger partial charge in [-0.25, -0.2) is 4.98 Å². The molecule has 2 N–H and O–H groups in total. The van der Waals surface area contributed by atoms with E-state index in [9.17, 15) is 14.7 Å². The van der Waals surface area contributed by atoms with Gasteiger partial charge in [0.15, 0.2) is 0 Å². The monoisotopic (exact) mass is 479 g/mol. The molecular weight excluding hydrogens is 450 g/mol. The Morgan fingerprint density at radius 3 is 2.29 bits per heavy atom. The van der Waals surface area contributed by atoms with Gasteiger partial charge in [0, 0.05) is 25.0 Å². The Hall–Kier alpha value is -2.34. The lowest BCUT2D eigenvalue weighted by Gasteiger charge is -2.56. The molecule has 1 saturated heterocycles. The van der Waals surface area contributed by atoms with Crippen molar-refractivity contribution in [2.24, 2.45) is 40.9 Å². The Balaban J connectivity index is 1.10. The molecule has 6 nitrogen and oxygen atoms in total. The number of carboxylic acids is 1. The van der Waals surface area contributed by atoms with Crippen LogP contribution < -0.4 is 10.2 Å². The summed E-state index contributed by atoms with van der Waals surface area (Å²) in [5.74, 6) is 2.88. The predicted octanol–water partition coefficient (Wildman–Crippen LogP) is 4.60. The number of carbonyl (C=O) groups excluding carboxylic acids is 1. The highest BCUT2D eigenvalue weighted by atomic mass is 35.5. The Kier molecular flexibility index (Phi) is 4.52. The zero-order chi connectivity index (χ0) is 23.2. The molecule has 1 aromatic carbocycles. The van der Waals surface area contributed by atoms with Crippen molar-refractivity contribution < 1.29 is 14.7 Å². The largest absolute Gasteiger partial charge is 0.481 e. The number of hydrogen-bond acceptors (Lipinski definition) is 4. The fraction of sp³-hybridized carbons (Fsp3) is 0.593. The van der Waals surface area contributed by atoms with Gasteiger partial charge in [-0.3, -0.25) is 9.59 Å². The number of aromatic nitrogens is 1. The molecule has 5 aliphatic carbocycles. The van der Waals surface area contributed by atoms with E-state index in [2.05, 4.69) is 10.2 Å². The quantitative estimate of drug-likeness (QED) is 0.654. The van der Waals surface area contributed by atoms with E-state index in [1.165, 1.54) is 38.5 Å². The number of fused-ring (bicyclic) bond motifs is 2. The first kappa shape index (κ1) is 21.0. The number of nitrogens with zero attached hydrogens (tertiary/aromatic N) is 2. The number of aliphatic carboxylic acids is 1. The smallest absolute Gasteiger partial charge is 0.307 e. The van der Waals surface area contributed by atoms with Crippen molar-refractivity contribution in [1.82, 2.24) is 10.3 Å². The molecule has 5 saturated carbocycles. The van der Waals surface area contributed by atoms with Crippen LogP contribution in [0, 0.1) is 40.9 Å². The zero-order valence-corrected chi connectivity index (χ0v) is 19.9. The first-order valence-electron chi connectivity index (χ1n) is 12.7. The maximum Gasteiger partial charge on any atom is 0.307 e. The van der Waals surface area contributed by atoms with Crippen LogP contribution in [-0.2, 0) is 4.79 Å². The van der Waals surface area contributed by atoms with Crippen molar-refractivity contribution in [1.29, 1.82) is 0 Å². The standard InChI is InChI=1S/C27H30ClN3O3/c28-20-2-3-21-17(1-4-22(30-21)31-11-18-19(12-31)23(18)26(33)34)24(20)25(32)29-13-27-8-14-5-15(9-27)7-16(6-14)10-27/h1-4,14-16,18-19,23H,5-13H2,(H,29,32)(H,33,34)/t14?,15?,16?,18-,19+,23+,27?. The summed E-state index contributed by atoms with van der Waals surface area (Å²) in [6, 6.07) is 7.52. The van der Waals surface area contributed by atoms with Gasteiger partial charge in [-0.1, -0.05) is 11.6 Å². The average molecular weight is 480 g/mol. The molecule has 1 aromatic heterocycles. The van der Waals surface area contributed by atoms with E-state index in [4.69, 9.17) is 16.6 Å². The number of halogens is 1. The second kappa shape index (κ2) is 7.33. The Morgan fingerprint density at radius 1 is 1.03 bits per heavy atom. The van der Waals surface area contributed by atoms with Gasteiger partial charge in [-0.2, -0.15) is 0 Å². The molecule has 3 atom stereocenters. The van der Waals surface area contributed by atoms with Crippen molar-refractivity contribution in [2.45, 2.75) is 38.5 Å². The van der Waals surface area contributed by atoms with Gasteiger partial charge >= 0.3 is 5.97 Å².